The zero-order valence-electron chi connectivity index (χ0n) is 19.4. The fourth-order valence-corrected chi connectivity index (χ4v) is 4.56. The molecular weight excluding hydrogens is 452 g/mol. The van der Waals surface area contributed by atoms with Crippen molar-refractivity contribution in [3.8, 4) is 11.1 Å². The minimum Gasteiger partial charge on any atom is -0.480 e. The quantitative estimate of drug-likeness (QED) is 0.446. The second-order valence-corrected chi connectivity index (χ2v) is 8.82. The van der Waals surface area contributed by atoms with Gasteiger partial charge in [-0.3, -0.25) is 9.59 Å². The van der Waals surface area contributed by atoms with Gasteiger partial charge in [0.1, 0.15) is 12.6 Å². The number of methoxy groups -OCH3 is 1. The first-order valence-electron chi connectivity index (χ1n) is 11.6. The van der Waals surface area contributed by atoms with Crippen LogP contribution >= 0.6 is 0 Å². The van der Waals surface area contributed by atoms with Gasteiger partial charge in [-0.1, -0.05) is 48.5 Å². The molecule has 9 heteroatoms. The summed E-state index contributed by atoms with van der Waals surface area (Å²) in [5, 5.41) is 14.5. The van der Waals surface area contributed by atoms with Crippen LogP contribution in [0.3, 0.4) is 0 Å². The van der Waals surface area contributed by atoms with E-state index in [2.05, 4.69) is 27.5 Å². The number of esters is 1. The predicted octanol–water partition coefficient (Wildman–Crippen LogP) is 2.68. The third kappa shape index (κ3) is 5.62. The summed E-state index contributed by atoms with van der Waals surface area (Å²) < 4.78 is 10.0. The van der Waals surface area contributed by atoms with Crippen LogP contribution in [0.25, 0.3) is 11.1 Å². The van der Waals surface area contributed by atoms with Gasteiger partial charge in [0, 0.05) is 24.8 Å². The molecule has 35 heavy (non-hydrogen) atoms. The van der Waals surface area contributed by atoms with Crippen LogP contribution in [0.1, 0.15) is 36.3 Å². The van der Waals surface area contributed by atoms with E-state index in [9.17, 15) is 24.3 Å². The van der Waals surface area contributed by atoms with Crippen molar-refractivity contribution in [1.29, 1.82) is 0 Å². The van der Waals surface area contributed by atoms with E-state index in [1.54, 1.807) is 0 Å². The molecule has 3 N–H and O–H groups in total. The number of carboxylic acid groups (broad SMARTS) is 1. The van der Waals surface area contributed by atoms with Crippen molar-refractivity contribution >= 4 is 23.9 Å². The lowest BCUT2D eigenvalue weighted by Crippen LogP contribution is -2.42. The van der Waals surface area contributed by atoms with Gasteiger partial charge in [-0.25, -0.2) is 9.59 Å². The van der Waals surface area contributed by atoms with E-state index in [0.29, 0.717) is 6.42 Å². The molecular formula is C26H28N2O7. The Labute approximate surface area is 202 Å². The number of benzene rings is 2. The van der Waals surface area contributed by atoms with Crippen LogP contribution in [0.4, 0.5) is 4.79 Å². The fraction of sp³-hybridized carbons (Fsp3) is 0.385. The van der Waals surface area contributed by atoms with Crippen LogP contribution in [-0.2, 0) is 23.9 Å². The molecule has 4 rings (SSSR count). The average molecular weight is 481 g/mol. The molecule has 9 nitrogen and oxygen atoms in total. The van der Waals surface area contributed by atoms with Crippen LogP contribution in [-0.4, -0.2) is 55.3 Å². The highest BCUT2D eigenvalue weighted by Gasteiger charge is 2.44. The molecule has 2 aromatic rings. The summed E-state index contributed by atoms with van der Waals surface area (Å²) in [6, 6.07) is 15.0. The largest absolute Gasteiger partial charge is 0.480 e. The number of carbonyl (C=O) groups excluding carboxylic acids is 3. The van der Waals surface area contributed by atoms with E-state index >= 15 is 0 Å². The number of hydrogen-bond acceptors (Lipinski definition) is 6. The van der Waals surface area contributed by atoms with E-state index in [1.165, 1.54) is 7.11 Å². The van der Waals surface area contributed by atoms with Crippen molar-refractivity contribution in [2.45, 2.75) is 31.2 Å². The van der Waals surface area contributed by atoms with E-state index in [1.807, 2.05) is 36.4 Å². The Morgan fingerprint density at radius 1 is 1.03 bits per heavy atom. The third-order valence-electron chi connectivity index (χ3n) is 6.59. The lowest BCUT2D eigenvalue weighted by molar-refractivity contribution is -0.144. The Balaban J connectivity index is 1.22. The number of hydrogen-bond donors (Lipinski definition) is 3. The molecule has 0 saturated heterocycles. The van der Waals surface area contributed by atoms with Gasteiger partial charge in [-0.05, 0) is 41.0 Å². The summed E-state index contributed by atoms with van der Waals surface area (Å²) in [4.78, 5) is 47.3. The standard InChI is InChI=1S/C26H28N2O7/c1-34-23(29)11-10-22(25(31)32)28-24(30)20-12-15(20)13-27-26(33)35-14-21-18-8-4-2-6-16(18)17-7-3-5-9-19(17)21/h2-9,15,20-22H,10-14H2,1H3,(H,27,33)(H,28,30)(H,31,32)/t15-,20-,22+/m0/s1. The normalized spacial score (nSPS) is 18.5. The SMILES string of the molecule is COC(=O)CC[C@@H](NC(=O)[C@H]1C[C@H]1CNC(=O)OCC1c2ccccc2-c2ccccc21)C(=O)O. The minimum atomic E-state index is -1.21. The van der Waals surface area contributed by atoms with Crippen molar-refractivity contribution in [1.82, 2.24) is 10.6 Å². The maximum atomic E-state index is 12.4. The first kappa shape index (κ1) is 24.3. The molecule has 184 valence electrons. The molecule has 0 aromatic heterocycles. The Morgan fingerprint density at radius 3 is 2.26 bits per heavy atom. The summed E-state index contributed by atoms with van der Waals surface area (Å²) in [5.41, 5.74) is 4.55. The van der Waals surface area contributed by atoms with Crippen LogP contribution in [0.5, 0.6) is 0 Å². The molecule has 0 bridgehead atoms. The summed E-state index contributed by atoms with van der Waals surface area (Å²) in [5.74, 6) is -2.67. The highest BCUT2D eigenvalue weighted by molar-refractivity contribution is 5.87. The van der Waals surface area contributed by atoms with Gasteiger partial charge in [0.05, 0.1) is 7.11 Å². The molecule has 0 spiro atoms. The van der Waals surface area contributed by atoms with Gasteiger partial charge in [0.15, 0.2) is 0 Å². The Morgan fingerprint density at radius 2 is 1.66 bits per heavy atom. The third-order valence-corrected chi connectivity index (χ3v) is 6.59. The first-order chi connectivity index (χ1) is 16.9. The molecule has 2 aliphatic carbocycles. The second-order valence-electron chi connectivity index (χ2n) is 8.82. The summed E-state index contributed by atoms with van der Waals surface area (Å²) >= 11 is 0. The number of alkyl carbamates (subject to hydrolysis) is 1. The van der Waals surface area contributed by atoms with Gasteiger partial charge >= 0.3 is 18.0 Å². The number of fused-ring (bicyclic) bond motifs is 3. The highest BCUT2D eigenvalue weighted by Crippen LogP contribution is 2.44. The number of carboxylic acids is 1. The Bertz CT molecular complexity index is 1090. The molecule has 0 heterocycles. The first-order valence-corrected chi connectivity index (χ1v) is 11.6. The van der Waals surface area contributed by atoms with Crippen molar-refractivity contribution in [2.24, 2.45) is 11.8 Å². The van der Waals surface area contributed by atoms with E-state index in [0.717, 1.165) is 22.3 Å². The van der Waals surface area contributed by atoms with E-state index in [4.69, 9.17) is 4.74 Å². The molecule has 2 aliphatic rings. The zero-order chi connectivity index (χ0) is 24.9. The van der Waals surface area contributed by atoms with Crippen molar-refractivity contribution < 1.29 is 33.8 Å². The minimum absolute atomic E-state index is 0.0365. The average Bonchev–Trinajstić information content (AvgIpc) is 3.58. The van der Waals surface area contributed by atoms with Gasteiger partial charge in [0.25, 0.3) is 0 Å². The molecule has 1 saturated carbocycles. The molecule has 0 unspecified atom stereocenters. The monoisotopic (exact) mass is 480 g/mol. The second kappa shape index (κ2) is 10.6. The van der Waals surface area contributed by atoms with Crippen molar-refractivity contribution in [2.75, 3.05) is 20.3 Å². The molecule has 0 radical (unpaired) electrons. The van der Waals surface area contributed by atoms with E-state index < -0.39 is 30.0 Å². The predicted molar refractivity (Wildman–Crippen MR) is 125 cm³/mol. The van der Waals surface area contributed by atoms with Crippen LogP contribution in [0.15, 0.2) is 48.5 Å². The Hall–Kier alpha value is -3.88. The summed E-state index contributed by atoms with van der Waals surface area (Å²) in [6.07, 6.45) is -0.174. The van der Waals surface area contributed by atoms with Crippen molar-refractivity contribution in [3.63, 3.8) is 0 Å². The number of rotatable bonds is 10. The Kier molecular flexibility index (Phi) is 7.33. The summed E-state index contributed by atoms with van der Waals surface area (Å²) in [7, 11) is 1.22. The lowest BCUT2D eigenvalue weighted by Gasteiger charge is -2.15. The van der Waals surface area contributed by atoms with Crippen LogP contribution in [0, 0.1) is 11.8 Å². The van der Waals surface area contributed by atoms with Gasteiger partial charge in [0.2, 0.25) is 5.91 Å². The van der Waals surface area contributed by atoms with Gasteiger partial charge in [-0.15, -0.1) is 0 Å². The number of ether oxygens (including phenoxy) is 2. The van der Waals surface area contributed by atoms with Crippen LogP contribution < -0.4 is 10.6 Å². The van der Waals surface area contributed by atoms with Gasteiger partial charge < -0.3 is 25.2 Å². The molecule has 2 amide bonds. The van der Waals surface area contributed by atoms with Gasteiger partial charge in [-0.2, -0.15) is 0 Å². The molecule has 3 atom stereocenters. The zero-order valence-corrected chi connectivity index (χ0v) is 19.4. The lowest BCUT2D eigenvalue weighted by atomic mass is 9.98. The van der Waals surface area contributed by atoms with Crippen molar-refractivity contribution in [3.05, 3.63) is 59.7 Å². The number of nitrogens with one attached hydrogen (secondary N) is 2. The molecule has 0 aliphatic heterocycles. The van der Waals surface area contributed by atoms with E-state index in [-0.39, 0.29) is 43.7 Å². The number of carbonyl (C=O) groups is 4. The topological polar surface area (TPSA) is 131 Å². The smallest absolute Gasteiger partial charge is 0.407 e. The highest BCUT2D eigenvalue weighted by atomic mass is 16.5. The van der Waals surface area contributed by atoms with Crippen LogP contribution in [0.2, 0.25) is 0 Å². The number of amides is 2. The maximum absolute atomic E-state index is 12.4. The number of aliphatic carboxylic acids is 1. The maximum Gasteiger partial charge on any atom is 0.407 e. The summed E-state index contributed by atoms with van der Waals surface area (Å²) in [6.45, 7) is 0.462. The molecule has 1 fully saturated rings. The fourth-order valence-electron chi connectivity index (χ4n) is 4.56. The molecule has 2 aromatic carbocycles.